The summed E-state index contributed by atoms with van der Waals surface area (Å²) in [5.74, 6) is 4.47. The molecule has 3 rings (SSSR count). The van der Waals surface area contributed by atoms with Gasteiger partial charge < -0.3 is 0 Å². The molecule has 0 heterocycles. The van der Waals surface area contributed by atoms with Gasteiger partial charge in [0.15, 0.2) is 0 Å². The Hall–Kier alpha value is -0.330. The molecule has 25 heavy (non-hydrogen) atoms. The lowest BCUT2D eigenvalue weighted by Gasteiger charge is -2.43. The van der Waals surface area contributed by atoms with Crippen LogP contribution in [0, 0.1) is 35.5 Å². The molecule has 3 fully saturated rings. The number of hydrogen-bond acceptors (Lipinski definition) is 0. The van der Waals surface area contributed by atoms with Crippen LogP contribution in [0.25, 0.3) is 0 Å². The van der Waals surface area contributed by atoms with Crippen LogP contribution in [0.3, 0.4) is 0 Å². The Labute approximate surface area is 156 Å². The minimum Gasteiger partial charge on any atom is -0.247 e. The predicted octanol–water partition coefficient (Wildman–Crippen LogP) is 7.73. The van der Waals surface area contributed by atoms with Gasteiger partial charge in [-0.3, -0.25) is 0 Å². The first kappa shape index (κ1) is 19.4. The summed E-state index contributed by atoms with van der Waals surface area (Å²) in [6, 6.07) is 0. The quantitative estimate of drug-likeness (QED) is 0.431. The van der Waals surface area contributed by atoms with Crippen molar-refractivity contribution in [2.75, 3.05) is 0 Å². The molecule has 0 amide bonds. The highest BCUT2D eigenvalue weighted by Crippen LogP contribution is 2.47. The Kier molecular flexibility index (Phi) is 7.43. The van der Waals surface area contributed by atoms with Crippen LogP contribution in [0.15, 0.2) is 12.7 Å². The van der Waals surface area contributed by atoms with Crippen LogP contribution in [0.4, 0.5) is 4.39 Å². The topological polar surface area (TPSA) is 0 Å². The molecule has 0 aromatic heterocycles. The van der Waals surface area contributed by atoms with E-state index < -0.39 is 6.17 Å². The molecule has 3 aliphatic rings. The van der Waals surface area contributed by atoms with Gasteiger partial charge in [-0.05, 0) is 93.3 Å². The molecule has 3 aliphatic carbocycles. The summed E-state index contributed by atoms with van der Waals surface area (Å²) in [7, 11) is 0. The van der Waals surface area contributed by atoms with E-state index in [-0.39, 0.29) is 0 Å². The van der Waals surface area contributed by atoms with Gasteiger partial charge in [0.05, 0.1) is 0 Å². The molecule has 144 valence electrons. The van der Waals surface area contributed by atoms with E-state index in [0.717, 1.165) is 30.6 Å². The maximum Gasteiger partial charge on any atom is 0.103 e. The second kappa shape index (κ2) is 9.56. The smallest absolute Gasteiger partial charge is 0.103 e. The Morgan fingerprint density at radius 2 is 1.40 bits per heavy atom. The van der Waals surface area contributed by atoms with Gasteiger partial charge in [0.2, 0.25) is 0 Å². The minimum atomic E-state index is -0.502. The standard InChI is InChI=1S/C24H41F/c1-3-5-6-19-9-13-21(14-10-19)23-16-15-22(17-24(23)25)20-11-7-18(4-2)8-12-20/h3,18-24H,1,4-17H2,2H3. The molecule has 0 spiro atoms. The molecule has 0 saturated heterocycles. The Morgan fingerprint density at radius 3 is 2.00 bits per heavy atom. The summed E-state index contributed by atoms with van der Waals surface area (Å²) >= 11 is 0. The van der Waals surface area contributed by atoms with Crippen molar-refractivity contribution in [2.24, 2.45) is 35.5 Å². The van der Waals surface area contributed by atoms with Crippen molar-refractivity contribution in [3.63, 3.8) is 0 Å². The fourth-order valence-corrected chi connectivity index (χ4v) is 6.45. The van der Waals surface area contributed by atoms with Crippen LogP contribution in [0.1, 0.15) is 96.8 Å². The van der Waals surface area contributed by atoms with Crippen LogP contribution in [0.2, 0.25) is 0 Å². The van der Waals surface area contributed by atoms with Crippen molar-refractivity contribution >= 4 is 0 Å². The van der Waals surface area contributed by atoms with Gasteiger partial charge in [-0.1, -0.05) is 45.1 Å². The van der Waals surface area contributed by atoms with Crippen LogP contribution in [0.5, 0.6) is 0 Å². The van der Waals surface area contributed by atoms with E-state index >= 15 is 4.39 Å². The van der Waals surface area contributed by atoms with Crippen molar-refractivity contribution in [3.8, 4) is 0 Å². The van der Waals surface area contributed by atoms with E-state index in [4.69, 9.17) is 0 Å². The molecule has 3 unspecified atom stereocenters. The zero-order valence-corrected chi connectivity index (χ0v) is 16.6. The van der Waals surface area contributed by atoms with Crippen molar-refractivity contribution in [3.05, 3.63) is 12.7 Å². The van der Waals surface area contributed by atoms with Crippen LogP contribution < -0.4 is 0 Å². The van der Waals surface area contributed by atoms with Gasteiger partial charge in [0.25, 0.3) is 0 Å². The molecular weight excluding hydrogens is 307 g/mol. The number of rotatable bonds is 6. The van der Waals surface area contributed by atoms with Gasteiger partial charge in [0, 0.05) is 0 Å². The van der Waals surface area contributed by atoms with Gasteiger partial charge >= 0.3 is 0 Å². The monoisotopic (exact) mass is 348 g/mol. The molecular formula is C24H41F. The van der Waals surface area contributed by atoms with Gasteiger partial charge in [-0.25, -0.2) is 4.39 Å². The normalized spacial score (nSPS) is 42.9. The summed E-state index contributed by atoms with van der Waals surface area (Å²) in [6.45, 7) is 6.18. The summed E-state index contributed by atoms with van der Waals surface area (Å²) in [5.41, 5.74) is 0. The van der Waals surface area contributed by atoms with Crippen molar-refractivity contribution in [1.29, 1.82) is 0 Å². The fraction of sp³-hybridized carbons (Fsp3) is 0.917. The number of hydrogen-bond donors (Lipinski definition) is 0. The van der Waals surface area contributed by atoms with E-state index in [1.54, 1.807) is 0 Å². The van der Waals surface area contributed by atoms with Gasteiger partial charge in [-0.2, -0.15) is 0 Å². The lowest BCUT2D eigenvalue weighted by molar-refractivity contribution is 0.0329. The second-order valence-corrected chi connectivity index (χ2v) is 9.59. The molecule has 0 aliphatic heterocycles. The first-order chi connectivity index (χ1) is 12.2. The third-order valence-electron chi connectivity index (χ3n) is 8.27. The van der Waals surface area contributed by atoms with Crippen molar-refractivity contribution in [2.45, 2.75) is 103 Å². The Morgan fingerprint density at radius 1 is 0.800 bits per heavy atom. The average Bonchev–Trinajstić information content (AvgIpc) is 2.67. The summed E-state index contributed by atoms with van der Waals surface area (Å²) in [5, 5.41) is 0. The van der Waals surface area contributed by atoms with E-state index in [2.05, 4.69) is 19.6 Å². The third-order valence-corrected chi connectivity index (χ3v) is 8.27. The number of allylic oxidation sites excluding steroid dienone is 1. The SMILES string of the molecule is C=CCCC1CCC(C2CCC(C3CCC(CC)CC3)CC2F)CC1. The maximum atomic E-state index is 15.1. The minimum absolute atomic E-state index is 0.392. The molecule has 1 heteroatoms. The molecule has 0 aromatic rings. The highest BCUT2D eigenvalue weighted by Gasteiger charge is 2.39. The maximum absolute atomic E-state index is 15.1. The van der Waals surface area contributed by atoms with E-state index in [0.29, 0.717) is 17.8 Å². The first-order valence-corrected chi connectivity index (χ1v) is 11.5. The molecule has 3 atom stereocenters. The van der Waals surface area contributed by atoms with Crippen molar-refractivity contribution < 1.29 is 4.39 Å². The molecule has 0 nitrogen and oxygen atoms in total. The van der Waals surface area contributed by atoms with E-state index in [9.17, 15) is 0 Å². The van der Waals surface area contributed by atoms with Crippen molar-refractivity contribution in [1.82, 2.24) is 0 Å². The fourth-order valence-electron chi connectivity index (χ4n) is 6.45. The molecule has 3 saturated carbocycles. The highest BCUT2D eigenvalue weighted by molar-refractivity contribution is 4.90. The largest absolute Gasteiger partial charge is 0.247 e. The number of alkyl halides is 1. The van der Waals surface area contributed by atoms with Gasteiger partial charge in [0.1, 0.15) is 6.17 Å². The van der Waals surface area contributed by atoms with E-state index in [1.807, 2.05) is 0 Å². The molecule has 0 bridgehead atoms. The summed E-state index contributed by atoms with van der Waals surface area (Å²) in [4.78, 5) is 0. The summed E-state index contributed by atoms with van der Waals surface area (Å²) < 4.78 is 15.1. The zero-order valence-electron chi connectivity index (χ0n) is 16.6. The number of halogens is 1. The molecule has 0 N–H and O–H groups in total. The zero-order chi connectivity index (χ0) is 17.6. The van der Waals surface area contributed by atoms with Crippen LogP contribution in [-0.2, 0) is 0 Å². The molecule has 0 radical (unpaired) electrons. The third kappa shape index (κ3) is 5.10. The lowest BCUT2D eigenvalue weighted by Crippen LogP contribution is -2.36. The molecule has 0 aromatic carbocycles. The lowest BCUT2D eigenvalue weighted by atomic mass is 9.64. The first-order valence-electron chi connectivity index (χ1n) is 11.5. The summed E-state index contributed by atoms with van der Waals surface area (Å²) in [6.07, 6.45) is 19.6. The average molecular weight is 349 g/mol. The second-order valence-electron chi connectivity index (χ2n) is 9.59. The van der Waals surface area contributed by atoms with Crippen LogP contribution in [-0.4, -0.2) is 6.17 Å². The Bertz CT molecular complexity index is 387. The van der Waals surface area contributed by atoms with E-state index in [1.165, 1.54) is 77.0 Å². The highest BCUT2D eigenvalue weighted by atomic mass is 19.1. The Balaban J connectivity index is 1.42. The van der Waals surface area contributed by atoms with Gasteiger partial charge in [-0.15, -0.1) is 6.58 Å². The predicted molar refractivity (Wildman–Crippen MR) is 106 cm³/mol. The van der Waals surface area contributed by atoms with Crippen LogP contribution >= 0.6 is 0 Å².